The molecule has 0 atom stereocenters. The second-order valence-corrected chi connectivity index (χ2v) is 0. The first-order valence-corrected chi connectivity index (χ1v) is 0. The molecule has 0 aromatic heterocycles. The van der Waals surface area contributed by atoms with E-state index < -0.39 is 0 Å². The zero-order valence-corrected chi connectivity index (χ0v) is 6.96. The fourth-order valence-corrected chi connectivity index (χ4v) is 0. The van der Waals surface area contributed by atoms with Crippen molar-refractivity contribution in [2.75, 3.05) is 0 Å². The summed E-state index contributed by atoms with van der Waals surface area (Å²) in [5.74, 6) is 0. The third-order valence-corrected chi connectivity index (χ3v) is 0. The summed E-state index contributed by atoms with van der Waals surface area (Å²) in [6.45, 7) is 0. The molecular weight excluding hydrogens is 189 g/mol. The molecule has 0 N–H and O–H groups in total. The summed E-state index contributed by atoms with van der Waals surface area (Å²) in [5.41, 5.74) is 0. The molecule has 0 aliphatic rings. The summed E-state index contributed by atoms with van der Waals surface area (Å²) in [7, 11) is 0. The van der Waals surface area contributed by atoms with Crippen LogP contribution in [0.15, 0.2) is 0 Å². The Labute approximate surface area is 67.8 Å². The van der Waals surface area contributed by atoms with Crippen molar-refractivity contribution >= 4 is 17.4 Å². The van der Waals surface area contributed by atoms with E-state index in [1.54, 1.807) is 0 Å². The van der Waals surface area contributed by atoms with Gasteiger partial charge in [0.1, 0.15) is 0 Å². The van der Waals surface area contributed by atoms with Crippen molar-refractivity contribution in [3.05, 3.63) is 0 Å². The maximum absolute atomic E-state index is 0. The van der Waals surface area contributed by atoms with Gasteiger partial charge in [0, 0.05) is 0 Å². The van der Waals surface area contributed by atoms with E-state index in [1.165, 1.54) is 0 Å². The van der Waals surface area contributed by atoms with Crippen molar-refractivity contribution in [3.8, 4) is 0 Å². The van der Waals surface area contributed by atoms with Gasteiger partial charge in [-0.2, -0.15) is 0 Å². The summed E-state index contributed by atoms with van der Waals surface area (Å²) in [6.07, 6.45) is 0. The van der Waals surface area contributed by atoms with E-state index in [1.807, 2.05) is 0 Å². The monoisotopic (exact) mass is 187 g/mol. The van der Waals surface area contributed by atoms with Crippen LogP contribution in [-0.4, -0.2) is 17.4 Å². The molecule has 16 valence electrons. The summed E-state index contributed by atoms with van der Waals surface area (Å²) < 4.78 is 0. The molecule has 0 aromatic carbocycles. The fraction of sp³-hybridized carbons (Fsp3) is 0. The molecule has 0 radical (unpaired) electrons. The standard InChI is InChI=1S/Al.2ClH.Zr/h;2*1H;/q+3;;;+4/p-2. The molecule has 4 heteroatoms. The van der Waals surface area contributed by atoms with E-state index in [0.29, 0.717) is 0 Å². The maximum atomic E-state index is 0. The maximum Gasteiger partial charge on any atom is 4.00 e. The molecule has 0 amide bonds. The van der Waals surface area contributed by atoms with Crippen molar-refractivity contribution < 1.29 is 51.0 Å². The quantitative estimate of drug-likeness (QED) is 0.332. The van der Waals surface area contributed by atoms with Crippen LogP contribution in [0.25, 0.3) is 0 Å². The molecule has 0 aliphatic heterocycles. The minimum absolute atomic E-state index is 0. The Morgan fingerprint density at radius 3 is 0.750 bits per heavy atom. The first-order chi connectivity index (χ1) is 0. The van der Waals surface area contributed by atoms with E-state index >= 15 is 0 Å². The first kappa shape index (κ1) is 37.6. The number of hydrogen-bond donors (Lipinski definition) is 0. The predicted octanol–water partition coefficient (Wildman–Crippen LogP) is -6.38. The van der Waals surface area contributed by atoms with E-state index in [0.717, 1.165) is 0 Å². The van der Waals surface area contributed by atoms with E-state index in [2.05, 4.69) is 0 Å². The molecule has 0 fully saturated rings. The second kappa shape index (κ2) is 20.0. The molecular formula is AlCl2Zr+5. The predicted molar refractivity (Wildman–Crippen MR) is 5.75 cm³/mol. The van der Waals surface area contributed by atoms with Crippen molar-refractivity contribution in [2.24, 2.45) is 0 Å². The van der Waals surface area contributed by atoms with Gasteiger partial charge in [-0.3, -0.25) is 0 Å². The van der Waals surface area contributed by atoms with Crippen LogP contribution in [0.3, 0.4) is 0 Å². The van der Waals surface area contributed by atoms with Crippen LogP contribution in [0.1, 0.15) is 0 Å². The Morgan fingerprint density at radius 2 is 0.750 bits per heavy atom. The van der Waals surface area contributed by atoms with Crippen LogP contribution in [0.5, 0.6) is 0 Å². The van der Waals surface area contributed by atoms with Crippen molar-refractivity contribution in [1.82, 2.24) is 0 Å². The molecule has 0 aliphatic carbocycles. The molecule has 0 aromatic rings. The van der Waals surface area contributed by atoms with Gasteiger partial charge in [-0.1, -0.05) is 0 Å². The van der Waals surface area contributed by atoms with E-state index in [-0.39, 0.29) is 68.4 Å². The van der Waals surface area contributed by atoms with Crippen molar-refractivity contribution in [1.29, 1.82) is 0 Å². The SMILES string of the molecule is [Al+3].[Cl-].[Cl-].[Zr+4]. The minimum Gasteiger partial charge on any atom is -1.00 e. The smallest absolute Gasteiger partial charge is 1.00 e. The second-order valence-electron chi connectivity index (χ2n) is 0. The van der Waals surface area contributed by atoms with Crippen LogP contribution >= 0.6 is 0 Å². The third-order valence-electron chi connectivity index (χ3n) is 0. The van der Waals surface area contributed by atoms with Gasteiger partial charge < -0.3 is 24.8 Å². The fourth-order valence-electron chi connectivity index (χ4n) is 0. The van der Waals surface area contributed by atoms with Gasteiger partial charge in [0.05, 0.1) is 0 Å². The summed E-state index contributed by atoms with van der Waals surface area (Å²) in [5, 5.41) is 0. The van der Waals surface area contributed by atoms with Crippen molar-refractivity contribution in [2.45, 2.75) is 0 Å². The molecule has 0 spiro atoms. The van der Waals surface area contributed by atoms with Gasteiger partial charge >= 0.3 is 43.6 Å². The summed E-state index contributed by atoms with van der Waals surface area (Å²) >= 11 is 0. The zero-order chi connectivity index (χ0) is 0. The largest absolute Gasteiger partial charge is 4.00 e. The minimum atomic E-state index is 0. The van der Waals surface area contributed by atoms with Crippen molar-refractivity contribution in [3.63, 3.8) is 0 Å². The van der Waals surface area contributed by atoms with Gasteiger partial charge in [-0.25, -0.2) is 0 Å². The third kappa shape index (κ3) is 9.00. The van der Waals surface area contributed by atoms with Gasteiger partial charge in [-0.05, 0) is 0 Å². The average Bonchev–Trinajstić information content (AvgIpc) is 0. The molecule has 4 heavy (non-hydrogen) atoms. The number of halogens is 2. The van der Waals surface area contributed by atoms with Gasteiger partial charge in [0.15, 0.2) is 0 Å². The average molecular weight is 189 g/mol. The van der Waals surface area contributed by atoms with Crippen LogP contribution in [-0.2, 0) is 26.2 Å². The Kier molecular flexibility index (Phi) is 188. The number of hydrogen-bond acceptors (Lipinski definition) is 0. The molecule has 0 saturated heterocycles. The van der Waals surface area contributed by atoms with Gasteiger partial charge in [0.25, 0.3) is 0 Å². The van der Waals surface area contributed by atoms with Crippen LogP contribution in [0.2, 0.25) is 0 Å². The molecule has 0 rings (SSSR count). The van der Waals surface area contributed by atoms with E-state index in [4.69, 9.17) is 0 Å². The normalized spacial score (nSPS) is 0. The van der Waals surface area contributed by atoms with Crippen LogP contribution < -0.4 is 24.8 Å². The Balaban J connectivity index is 0. The van der Waals surface area contributed by atoms with Gasteiger partial charge in [-0.15, -0.1) is 0 Å². The van der Waals surface area contributed by atoms with Crippen LogP contribution in [0, 0.1) is 0 Å². The number of rotatable bonds is 0. The topological polar surface area (TPSA) is 0 Å². The molecule has 0 heterocycles. The molecule has 0 unspecified atom stereocenters. The van der Waals surface area contributed by atoms with E-state index in [9.17, 15) is 0 Å². The summed E-state index contributed by atoms with van der Waals surface area (Å²) in [6, 6.07) is 0. The first-order valence-electron chi connectivity index (χ1n) is 0. The zero-order valence-electron chi connectivity index (χ0n) is 1.83. The molecule has 0 saturated carbocycles. The Hall–Kier alpha value is 2.00. The summed E-state index contributed by atoms with van der Waals surface area (Å²) in [4.78, 5) is 0. The van der Waals surface area contributed by atoms with Gasteiger partial charge in [0.2, 0.25) is 0 Å². The molecule has 0 bridgehead atoms. The Bertz CT molecular complexity index is 6.00. The Morgan fingerprint density at radius 1 is 0.750 bits per heavy atom. The molecule has 0 nitrogen and oxygen atoms in total. The van der Waals surface area contributed by atoms with Crippen LogP contribution in [0.4, 0.5) is 0 Å².